The van der Waals surface area contributed by atoms with Crippen molar-refractivity contribution < 1.29 is 0 Å². The molecule has 1 saturated carbocycles. The third-order valence-corrected chi connectivity index (χ3v) is 4.70. The summed E-state index contributed by atoms with van der Waals surface area (Å²) in [6, 6.07) is 2.08. The van der Waals surface area contributed by atoms with Crippen molar-refractivity contribution in [2.75, 3.05) is 0 Å². The molecule has 0 radical (unpaired) electrons. The predicted octanol–water partition coefficient (Wildman–Crippen LogP) is 3.57. The largest absolute Gasteiger partial charge is 0.349 e. The third kappa shape index (κ3) is 1.49. The number of hydrogen-bond donors (Lipinski definition) is 0. The molecular formula is C14H13N3S. The minimum atomic E-state index is 0.736. The van der Waals surface area contributed by atoms with E-state index < -0.39 is 0 Å². The van der Waals surface area contributed by atoms with Gasteiger partial charge in [0.2, 0.25) is 0 Å². The van der Waals surface area contributed by atoms with Gasteiger partial charge in [0.05, 0.1) is 21.6 Å². The van der Waals surface area contributed by atoms with Crippen LogP contribution in [0.4, 0.5) is 0 Å². The van der Waals surface area contributed by atoms with Crippen molar-refractivity contribution in [3.8, 4) is 10.4 Å². The fourth-order valence-electron chi connectivity index (χ4n) is 2.36. The van der Waals surface area contributed by atoms with Crippen LogP contribution in [-0.4, -0.2) is 14.5 Å². The van der Waals surface area contributed by atoms with Gasteiger partial charge >= 0.3 is 0 Å². The van der Waals surface area contributed by atoms with Crippen molar-refractivity contribution in [2.45, 2.75) is 18.8 Å². The molecule has 0 unspecified atom stereocenters. The number of fused-ring (bicyclic) bond motifs is 1. The number of hydrogen-bond acceptors (Lipinski definition) is 3. The van der Waals surface area contributed by atoms with E-state index in [9.17, 15) is 0 Å². The molecule has 0 bridgehead atoms. The fourth-order valence-corrected chi connectivity index (χ4v) is 3.47. The van der Waals surface area contributed by atoms with E-state index in [4.69, 9.17) is 0 Å². The minimum absolute atomic E-state index is 0.736. The summed E-state index contributed by atoms with van der Waals surface area (Å²) in [7, 11) is 2.07. The number of nitrogens with zero attached hydrogens (tertiary/aromatic N) is 3. The van der Waals surface area contributed by atoms with Crippen molar-refractivity contribution >= 4 is 22.2 Å². The standard InChI is InChI=1S/C14H13N3S/c1-17-8-11(10-4-5-15-6-12(10)17)13-7-16-14(18-13)9-2-3-9/h4-9H,2-3H2,1H3. The van der Waals surface area contributed by atoms with Crippen LogP contribution in [0.1, 0.15) is 23.8 Å². The Balaban J connectivity index is 1.89. The fraction of sp³-hybridized carbons (Fsp3) is 0.286. The number of thiazole rings is 1. The molecule has 18 heavy (non-hydrogen) atoms. The molecule has 3 aromatic heterocycles. The van der Waals surface area contributed by atoms with Crippen LogP contribution >= 0.6 is 11.3 Å². The molecule has 4 heteroatoms. The van der Waals surface area contributed by atoms with Gasteiger partial charge in [-0.1, -0.05) is 0 Å². The van der Waals surface area contributed by atoms with E-state index in [1.54, 1.807) is 0 Å². The lowest BCUT2D eigenvalue weighted by atomic mass is 10.2. The van der Waals surface area contributed by atoms with Crippen molar-refractivity contribution in [2.24, 2.45) is 7.05 Å². The first-order valence-corrected chi connectivity index (χ1v) is 7.00. The van der Waals surface area contributed by atoms with Gasteiger partial charge in [-0.05, 0) is 18.9 Å². The van der Waals surface area contributed by atoms with E-state index >= 15 is 0 Å². The Kier molecular flexibility index (Phi) is 2.08. The topological polar surface area (TPSA) is 30.7 Å². The Labute approximate surface area is 109 Å². The molecular weight excluding hydrogens is 242 g/mol. The zero-order chi connectivity index (χ0) is 12.1. The molecule has 3 heterocycles. The molecule has 0 spiro atoms. The van der Waals surface area contributed by atoms with Gasteiger partial charge in [0.25, 0.3) is 0 Å². The van der Waals surface area contributed by atoms with Gasteiger partial charge in [-0.15, -0.1) is 11.3 Å². The highest BCUT2D eigenvalue weighted by molar-refractivity contribution is 7.15. The SMILES string of the molecule is Cn1cc(-c2cnc(C3CC3)s2)c2ccncc21. The van der Waals surface area contributed by atoms with E-state index in [1.807, 2.05) is 29.9 Å². The molecule has 0 N–H and O–H groups in total. The molecule has 1 fully saturated rings. The molecule has 0 atom stereocenters. The minimum Gasteiger partial charge on any atom is -0.349 e. The maximum atomic E-state index is 4.56. The monoisotopic (exact) mass is 255 g/mol. The summed E-state index contributed by atoms with van der Waals surface area (Å²) in [5.41, 5.74) is 2.45. The molecule has 0 aromatic carbocycles. The smallest absolute Gasteiger partial charge is 0.0962 e. The van der Waals surface area contributed by atoms with Crippen LogP contribution in [0.5, 0.6) is 0 Å². The van der Waals surface area contributed by atoms with E-state index in [2.05, 4.69) is 33.8 Å². The van der Waals surface area contributed by atoms with Gasteiger partial charge in [0.15, 0.2) is 0 Å². The van der Waals surface area contributed by atoms with Crippen molar-refractivity contribution in [1.82, 2.24) is 14.5 Å². The molecule has 0 saturated heterocycles. The van der Waals surface area contributed by atoms with Gasteiger partial charge in [0.1, 0.15) is 0 Å². The first-order chi connectivity index (χ1) is 8.83. The maximum Gasteiger partial charge on any atom is 0.0962 e. The Morgan fingerprint density at radius 1 is 1.33 bits per heavy atom. The summed E-state index contributed by atoms with van der Waals surface area (Å²) in [5, 5.41) is 2.56. The predicted molar refractivity (Wildman–Crippen MR) is 73.8 cm³/mol. The number of rotatable bonds is 2. The average molecular weight is 255 g/mol. The summed E-state index contributed by atoms with van der Waals surface area (Å²) in [6.45, 7) is 0. The van der Waals surface area contributed by atoms with Gasteiger partial charge in [-0.2, -0.15) is 0 Å². The Morgan fingerprint density at radius 3 is 3.06 bits per heavy atom. The van der Waals surface area contributed by atoms with Crippen LogP contribution in [0.15, 0.2) is 30.9 Å². The van der Waals surface area contributed by atoms with E-state index in [0.717, 1.165) is 5.92 Å². The lowest BCUT2D eigenvalue weighted by molar-refractivity contribution is 0.966. The quantitative estimate of drug-likeness (QED) is 0.701. The summed E-state index contributed by atoms with van der Waals surface area (Å²) in [4.78, 5) is 10.0. The van der Waals surface area contributed by atoms with Crippen LogP contribution in [0.3, 0.4) is 0 Å². The number of aromatic nitrogens is 3. The highest BCUT2D eigenvalue weighted by Crippen LogP contribution is 2.44. The molecule has 1 aliphatic carbocycles. The Morgan fingerprint density at radius 2 is 2.22 bits per heavy atom. The van der Waals surface area contributed by atoms with Crippen LogP contribution < -0.4 is 0 Å². The van der Waals surface area contributed by atoms with E-state index in [-0.39, 0.29) is 0 Å². The summed E-state index contributed by atoms with van der Waals surface area (Å²) in [6.07, 6.45) is 10.6. The van der Waals surface area contributed by atoms with Gasteiger partial charge in [-0.3, -0.25) is 4.98 Å². The summed E-state index contributed by atoms with van der Waals surface area (Å²) >= 11 is 1.84. The van der Waals surface area contributed by atoms with Crippen molar-refractivity contribution in [3.63, 3.8) is 0 Å². The van der Waals surface area contributed by atoms with Crippen LogP contribution in [0.25, 0.3) is 21.3 Å². The number of aryl methyl sites for hydroxylation is 1. The van der Waals surface area contributed by atoms with Crippen molar-refractivity contribution in [3.05, 3.63) is 35.9 Å². The van der Waals surface area contributed by atoms with Gasteiger partial charge in [-0.25, -0.2) is 4.98 Å². The molecule has 0 amide bonds. The summed E-state index contributed by atoms with van der Waals surface area (Å²) in [5.74, 6) is 0.736. The second-order valence-corrected chi connectivity index (χ2v) is 5.95. The van der Waals surface area contributed by atoms with Crippen molar-refractivity contribution in [1.29, 1.82) is 0 Å². The molecule has 3 nitrogen and oxygen atoms in total. The first-order valence-electron chi connectivity index (χ1n) is 6.18. The highest BCUT2D eigenvalue weighted by atomic mass is 32.1. The van der Waals surface area contributed by atoms with Gasteiger partial charge < -0.3 is 4.57 Å². The van der Waals surface area contributed by atoms with Crippen LogP contribution in [-0.2, 0) is 7.05 Å². The maximum absolute atomic E-state index is 4.56. The third-order valence-electron chi connectivity index (χ3n) is 3.51. The number of pyridine rings is 1. The Bertz CT molecular complexity index is 722. The summed E-state index contributed by atoms with van der Waals surface area (Å²) < 4.78 is 2.13. The van der Waals surface area contributed by atoms with E-state index in [1.165, 1.54) is 39.2 Å². The highest BCUT2D eigenvalue weighted by Gasteiger charge is 2.27. The van der Waals surface area contributed by atoms with E-state index in [0.29, 0.717) is 0 Å². The van der Waals surface area contributed by atoms with Crippen LogP contribution in [0, 0.1) is 0 Å². The lowest BCUT2D eigenvalue weighted by Crippen LogP contribution is -1.83. The molecule has 90 valence electrons. The zero-order valence-electron chi connectivity index (χ0n) is 10.1. The molecule has 3 aromatic rings. The molecule has 4 rings (SSSR count). The average Bonchev–Trinajstić information content (AvgIpc) is 3.04. The first kappa shape index (κ1) is 10.3. The second-order valence-electron chi connectivity index (χ2n) is 4.88. The second kappa shape index (κ2) is 3.65. The zero-order valence-corrected chi connectivity index (χ0v) is 10.9. The normalized spacial score (nSPS) is 15.4. The Hall–Kier alpha value is -1.68. The lowest BCUT2D eigenvalue weighted by Gasteiger charge is -1.93. The molecule has 0 aliphatic heterocycles. The van der Waals surface area contributed by atoms with Crippen LogP contribution in [0.2, 0.25) is 0 Å². The molecule has 1 aliphatic rings. The van der Waals surface area contributed by atoms with Gasteiger partial charge in [0, 0.05) is 42.5 Å².